The largest absolute Gasteiger partial charge is 0.383 e. The van der Waals surface area contributed by atoms with Crippen LogP contribution in [-0.4, -0.2) is 49.1 Å². The molecule has 1 N–H and O–H groups in total. The highest BCUT2D eigenvalue weighted by molar-refractivity contribution is 5.78. The van der Waals surface area contributed by atoms with Gasteiger partial charge in [-0.3, -0.25) is 4.79 Å². The Morgan fingerprint density at radius 1 is 1.22 bits per heavy atom. The molecule has 2 aromatic rings. The molecule has 4 rings (SSSR count). The molecule has 0 unspecified atom stereocenters. The molecule has 0 saturated carbocycles. The fourth-order valence-electron chi connectivity index (χ4n) is 4.04. The number of fused-ring (bicyclic) bond motifs is 1. The molecule has 1 aromatic heterocycles. The van der Waals surface area contributed by atoms with E-state index < -0.39 is 0 Å². The maximum atomic E-state index is 12.1. The van der Waals surface area contributed by atoms with Crippen LogP contribution in [0.2, 0.25) is 0 Å². The van der Waals surface area contributed by atoms with E-state index >= 15 is 0 Å². The van der Waals surface area contributed by atoms with E-state index in [2.05, 4.69) is 41.7 Å². The third-order valence-electron chi connectivity index (χ3n) is 5.53. The number of carbonyl (C=O) groups excluding carboxylic acids is 1. The Kier molecular flexibility index (Phi) is 5.39. The van der Waals surface area contributed by atoms with Crippen LogP contribution < -0.4 is 5.32 Å². The Morgan fingerprint density at radius 2 is 2.07 bits per heavy atom. The summed E-state index contributed by atoms with van der Waals surface area (Å²) in [5.41, 5.74) is 4.74. The molecule has 3 heterocycles. The number of pyridine rings is 1. The maximum absolute atomic E-state index is 12.1. The summed E-state index contributed by atoms with van der Waals surface area (Å²) in [7, 11) is 1.67. The Hall–Kier alpha value is -2.40. The highest BCUT2D eigenvalue weighted by atomic mass is 16.5. The SMILES string of the molecule is COCCN1C[C@H](Cc2ccc(-c3ccc4c(n3)NCCC4)cc2)CC1=O. The number of hydrogen-bond acceptors (Lipinski definition) is 4. The minimum Gasteiger partial charge on any atom is -0.383 e. The second-order valence-corrected chi connectivity index (χ2v) is 7.54. The van der Waals surface area contributed by atoms with Gasteiger partial charge in [-0.1, -0.05) is 30.3 Å². The number of nitrogens with zero attached hydrogens (tertiary/aromatic N) is 2. The Bertz CT molecular complexity index is 804. The van der Waals surface area contributed by atoms with Crippen LogP contribution >= 0.6 is 0 Å². The third kappa shape index (κ3) is 4.14. The number of benzene rings is 1. The van der Waals surface area contributed by atoms with Crippen molar-refractivity contribution in [3.63, 3.8) is 0 Å². The van der Waals surface area contributed by atoms with Crippen molar-refractivity contribution in [3.05, 3.63) is 47.5 Å². The summed E-state index contributed by atoms with van der Waals surface area (Å²) in [5.74, 6) is 1.68. The van der Waals surface area contributed by atoms with E-state index in [9.17, 15) is 4.79 Å². The van der Waals surface area contributed by atoms with Crippen molar-refractivity contribution in [1.82, 2.24) is 9.88 Å². The summed E-state index contributed by atoms with van der Waals surface area (Å²) in [4.78, 5) is 18.8. The molecule has 5 nitrogen and oxygen atoms in total. The van der Waals surface area contributed by atoms with E-state index in [0.717, 1.165) is 43.0 Å². The van der Waals surface area contributed by atoms with Crippen molar-refractivity contribution in [3.8, 4) is 11.3 Å². The first-order valence-corrected chi connectivity index (χ1v) is 9.83. The maximum Gasteiger partial charge on any atom is 0.223 e. The Morgan fingerprint density at radius 3 is 2.89 bits per heavy atom. The van der Waals surface area contributed by atoms with Crippen LogP contribution in [0.3, 0.4) is 0 Å². The van der Waals surface area contributed by atoms with Crippen LogP contribution in [0, 0.1) is 5.92 Å². The smallest absolute Gasteiger partial charge is 0.223 e. The molecule has 142 valence electrons. The van der Waals surface area contributed by atoms with Gasteiger partial charge in [0.2, 0.25) is 5.91 Å². The number of ether oxygens (including phenoxy) is 1. The van der Waals surface area contributed by atoms with Gasteiger partial charge in [0.05, 0.1) is 12.3 Å². The first-order valence-electron chi connectivity index (χ1n) is 9.83. The third-order valence-corrected chi connectivity index (χ3v) is 5.53. The number of rotatable bonds is 6. The first kappa shape index (κ1) is 18.0. The molecule has 1 fully saturated rings. The van der Waals surface area contributed by atoms with E-state index in [1.165, 1.54) is 17.5 Å². The molecule has 0 bridgehead atoms. The lowest BCUT2D eigenvalue weighted by Crippen LogP contribution is -2.28. The van der Waals surface area contributed by atoms with Crippen molar-refractivity contribution in [2.24, 2.45) is 5.92 Å². The van der Waals surface area contributed by atoms with Gasteiger partial charge in [-0.05, 0) is 42.4 Å². The summed E-state index contributed by atoms with van der Waals surface area (Å²) >= 11 is 0. The molecule has 5 heteroatoms. The number of methoxy groups -OCH3 is 1. The summed E-state index contributed by atoms with van der Waals surface area (Å²) < 4.78 is 5.09. The van der Waals surface area contributed by atoms with Crippen molar-refractivity contribution in [2.45, 2.75) is 25.7 Å². The number of hydrogen-bond donors (Lipinski definition) is 1. The molecule has 1 amide bonds. The normalized spacial score (nSPS) is 19.1. The van der Waals surface area contributed by atoms with E-state index in [4.69, 9.17) is 9.72 Å². The molecule has 1 saturated heterocycles. The van der Waals surface area contributed by atoms with Crippen molar-refractivity contribution < 1.29 is 9.53 Å². The molecule has 0 spiro atoms. The van der Waals surface area contributed by atoms with Gasteiger partial charge in [0.15, 0.2) is 0 Å². The van der Waals surface area contributed by atoms with Crippen molar-refractivity contribution >= 4 is 11.7 Å². The second-order valence-electron chi connectivity index (χ2n) is 7.54. The van der Waals surface area contributed by atoms with Crippen molar-refractivity contribution in [2.75, 3.05) is 38.7 Å². The minimum absolute atomic E-state index is 0.249. The molecular formula is C22H27N3O2. The topological polar surface area (TPSA) is 54.5 Å². The Labute approximate surface area is 160 Å². The van der Waals surface area contributed by atoms with Gasteiger partial charge in [0, 0.05) is 38.7 Å². The molecule has 0 radical (unpaired) electrons. The number of amides is 1. The number of anilines is 1. The summed E-state index contributed by atoms with van der Waals surface area (Å²) in [5, 5.41) is 3.40. The summed E-state index contributed by atoms with van der Waals surface area (Å²) in [6.45, 7) is 3.14. The van der Waals surface area contributed by atoms with E-state index in [-0.39, 0.29) is 5.91 Å². The quantitative estimate of drug-likeness (QED) is 0.854. The van der Waals surface area contributed by atoms with Crippen LogP contribution in [0.15, 0.2) is 36.4 Å². The average Bonchev–Trinajstić information content (AvgIpc) is 3.05. The monoisotopic (exact) mass is 365 g/mol. The first-order chi connectivity index (χ1) is 13.2. The highest BCUT2D eigenvalue weighted by Crippen LogP contribution is 2.27. The predicted octanol–water partition coefficient (Wildman–Crippen LogP) is 3.14. The highest BCUT2D eigenvalue weighted by Gasteiger charge is 2.29. The fourth-order valence-corrected chi connectivity index (χ4v) is 4.04. The van der Waals surface area contributed by atoms with Gasteiger partial charge in [-0.25, -0.2) is 4.98 Å². The molecule has 2 aliphatic heterocycles. The summed E-state index contributed by atoms with van der Waals surface area (Å²) in [6, 6.07) is 12.9. The zero-order valence-electron chi connectivity index (χ0n) is 15.9. The van der Waals surface area contributed by atoms with Gasteiger partial charge in [-0.2, -0.15) is 0 Å². The van der Waals surface area contributed by atoms with E-state index in [1.807, 2.05) is 4.90 Å². The van der Waals surface area contributed by atoms with Gasteiger partial charge >= 0.3 is 0 Å². The molecule has 1 atom stereocenters. The number of aromatic nitrogens is 1. The predicted molar refractivity (Wildman–Crippen MR) is 107 cm³/mol. The molecule has 27 heavy (non-hydrogen) atoms. The lowest BCUT2D eigenvalue weighted by atomic mass is 9.97. The molecular weight excluding hydrogens is 338 g/mol. The standard InChI is InChI=1S/C22H27N3O2/c1-27-12-11-25-15-17(14-21(25)26)13-16-4-6-18(7-5-16)20-9-8-19-3-2-10-23-22(19)24-20/h4-9,17H,2-3,10-15H2,1H3,(H,23,24)/t17-/m1/s1. The minimum atomic E-state index is 0.249. The van der Waals surface area contributed by atoms with Crippen LogP contribution in [0.5, 0.6) is 0 Å². The van der Waals surface area contributed by atoms with Crippen LogP contribution in [0.25, 0.3) is 11.3 Å². The van der Waals surface area contributed by atoms with Crippen molar-refractivity contribution in [1.29, 1.82) is 0 Å². The number of carbonyl (C=O) groups is 1. The zero-order valence-corrected chi connectivity index (χ0v) is 15.9. The Balaban J connectivity index is 1.40. The number of aryl methyl sites for hydroxylation is 1. The van der Waals surface area contributed by atoms with Crippen LogP contribution in [-0.2, 0) is 22.4 Å². The van der Waals surface area contributed by atoms with Crippen LogP contribution in [0.1, 0.15) is 24.0 Å². The van der Waals surface area contributed by atoms with Crippen LogP contribution in [0.4, 0.5) is 5.82 Å². The van der Waals surface area contributed by atoms with Gasteiger partial charge < -0.3 is 15.0 Å². The summed E-state index contributed by atoms with van der Waals surface area (Å²) in [6.07, 6.45) is 3.86. The lowest BCUT2D eigenvalue weighted by Gasteiger charge is -2.17. The van der Waals surface area contributed by atoms with Gasteiger partial charge in [-0.15, -0.1) is 0 Å². The van der Waals surface area contributed by atoms with Gasteiger partial charge in [0.25, 0.3) is 0 Å². The van der Waals surface area contributed by atoms with Gasteiger partial charge in [0.1, 0.15) is 5.82 Å². The fraction of sp³-hybridized carbons (Fsp3) is 0.455. The van der Waals surface area contributed by atoms with E-state index in [1.54, 1.807) is 7.11 Å². The van der Waals surface area contributed by atoms with E-state index in [0.29, 0.717) is 25.5 Å². The number of nitrogens with one attached hydrogen (secondary N) is 1. The average molecular weight is 365 g/mol. The molecule has 1 aromatic carbocycles. The lowest BCUT2D eigenvalue weighted by molar-refractivity contribution is -0.128. The molecule has 2 aliphatic rings. The molecule has 0 aliphatic carbocycles. The number of likely N-dealkylation sites (tertiary alicyclic amines) is 1. The second kappa shape index (κ2) is 8.09. The zero-order chi connectivity index (χ0) is 18.6.